The maximum atomic E-state index is 12.4. The van der Waals surface area contributed by atoms with E-state index in [1.54, 1.807) is 12.1 Å². The zero-order valence-corrected chi connectivity index (χ0v) is 19.6. The number of nitrogens with zero attached hydrogens (tertiary/aromatic N) is 3. The van der Waals surface area contributed by atoms with Gasteiger partial charge in [-0.2, -0.15) is 0 Å². The molecule has 1 fully saturated rings. The van der Waals surface area contributed by atoms with Gasteiger partial charge in [-0.05, 0) is 42.9 Å². The molecule has 2 N–H and O–H groups in total. The monoisotopic (exact) mass is 489 g/mol. The van der Waals surface area contributed by atoms with Crippen molar-refractivity contribution in [1.82, 2.24) is 10.2 Å². The summed E-state index contributed by atoms with van der Waals surface area (Å²) in [4.78, 5) is 39.0. The maximum Gasteiger partial charge on any atom is 0.282 e. The lowest BCUT2D eigenvalue weighted by molar-refractivity contribution is -0.385. The van der Waals surface area contributed by atoms with Crippen LogP contribution in [0, 0.1) is 10.1 Å². The number of amides is 2. The fourth-order valence-corrected chi connectivity index (χ4v) is 4.08. The molecule has 0 aromatic heterocycles. The first-order valence-electron chi connectivity index (χ1n) is 10.5. The average Bonchev–Trinajstić information content (AvgIpc) is 2.79. The fraction of sp³-hybridized carbons (Fsp3) is 0.318. The molecule has 0 radical (unpaired) electrons. The quantitative estimate of drug-likeness (QED) is 0.360. The molecule has 0 unspecified atom stereocenters. The van der Waals surface area contributed by atoms with Gasteiger partial charge in [-0.25, -0.2) is 0 Å². The van der Waals surface area contributed by atoms with Crippen LogP contribution in [0.1, 0.15) is 30.1 Å². The summed E-state index contributed by atoms with van der Waals surface area (Å²) in [7, 11) is 0. The number of nitro groups is 1. The van der Waals surface area contributed by atoms with E-state index in [-0.39, 0.29) is 22.3 Å². The molecule has 1 saturated heterocycles. The molecule has 2 amide bonds. The first kappa shape index (κ1) is 24.4. The Labute approximate surface area is 201 Å². The minimum Gasteiger partial charge on any atom is -0.367 e. The molecule has 0 aliphatic carbocycles. The van der Waals surface area contributed by atoms with Crippen molar-refractivity contribution >= 4 is 57.8 Å². The number of anilines is 2. The summed E-state index contributed by atoms with van der Waals surface area (Å²) in [6, 6.07) is 10.9. The van der Waals surface area contributed by atoms with Crippen LogP contribution in [0.5, 0.6) is 0 Å². The zero-order chi connectivity index (χ0) is 24.0. The SMILES string of the molecule is CCCC(=O)N1CCN(c2ccc(NC(=S)NC(=O)c3ccccc3[N+](=O)[O-])cc2Cl)CC1. The molecular weight excluding hydrogens is 466 g/mol. The number of hydrogen-bond donors (Lipinski definition) is 2. The Morgan fingerprint density at radius 2 is 1.85 bits per heavy atom. The number of rotatable bonds is 6. The molecule has 0 bridgehead atoms. The molecule has 33 heavy (non-hydrogen) atoms. The number of thiocarbonyl (C=S) groups is 1. The third-order valence-electron chi connectivity index (χ3n) is 5.21. The Kier molecular flexibility index (Phi) is 8.18. The number of para-hydroxylation sites is 1. The van der Waals surface area contributed by atoms with Crippen LogP contribution in [0.4, 0.5) is 17.1 Å². The van der Waals surface area contributed by atoms with Crippen molar-refractivity contribution in [3.05, 3.63) is 63.2 Å². The van der Waals surface area contributed by atoms with Crippen LogP contribution in [-0.2, 0) is 4.79 Å². The maximum absolute atomic E-state index is 12.4. The second-order valence-electron chi connectivity index (χ2n) is 7.47. The molecule has 11 heteroatoms. The van der Waals surface area contributed by atoms with E-state index in [0.717, 1.165) is 12.1 Å². The second kappa shape index (κ2) is 11.1. The van der Waals surface area contributed by atoms with Crippen molar-refractivity contribution in [2.75, 3.05) is 36.4 Å². The highest BCUT2D eigenvalue weighted by molar-refractivity contribution is 7.80. The number of benzene rings is 2. The lowest BCUT2D eigenvalue weighted by atomic mass is 10.1. The summed E-state index contributed by atoms with van der Waals surface area (Å²) in [6.45, 7) is 4.67. The molecule has 3 rings (SSSR count). The number of nitro benzene ring substituents is 1. The van der Waals surface area contributed by atoms with Crippen molar-refractivity contribution < 1.29 is 14.5 Å². The molecule has 174 valence electrons. The highest BCUT2D eigenvalue weighted by atomic mass is 35.5. The molecule has 1 aliphatic heterocycles. The lowest BCUT2D eigenvalue weighted by Crippen LogP contribution is -2.48. The van der Waals surface area contributed by atoms with Gasteiger partial charge in [0, 0.05) is 44.4 Å². The van der Waals surface area contributed by atoms with E-state index in [1.807, 2.05) is 17.9 Å². The van der Waals surface area contributed by atoms with Crippen LogP contribution in [-0.4, -0.2) is 52.9 Å². The smallest absolute Gasteiger partial charge is 0.282 e. The van der Waals surface area contributed by atoms with Gasteiger partial charge in [0.15, 0.2) is 5.11 Å². The van der Waals surface area contributed by atoms with Crippen LogP contribution < -0.4 is 15.5 Å². The number of hydrogen-bond acceptors (Lipinski definition) is 6. The predicted octanol–water partition coefficient (Wildman–Crippen LogP) is 3.82. The van der Waals surface area contributed by atoms with Gasteiger partial charge >= 0.3 is 0 Å². The fourth-order valence-electron chi connectivity index (χ4n) is 3.57. The number of nitrogens with one attached hydrogen (secondary N) is 2. The third-order valence-corrected chi connectivity index (χ3v) is 5.72. The van der Waals surface area contributed by atoms with Gasteiger partial charge < -0.3 is 15.1 Å². The Morgan fingerprint density at radius 1 is 1.15 bits per heavy atom. The molecule has 0 spiro atoms. The van der Waals surface area contributed by atoms with E-state index in [2.05, 4.69) is 15.5 Å². The van der Waals surface area contributed by atoms with Crippen LogP contribution in [0.2, 0.25) is 5.02 Å². The normalized spacial score (nSPS) is 13.4. The van der Waals surface area contributed by atoms with Crippen molar-refractivity contribution in [2.45, 2.75) is 19.8 Å². The lowest BCUT2D eigenvalue weighted by Gasteiger charge is -2.36. The van der Waals surface area contributed by atoms with Gasteiger partial charge in [0.1, 0.15) is 5.56 Å². The van der Waals surface area contributed by atoms with E-state index in [1.165, 1.54) is 24.3 Å². The largest absolute Gasteiger partial charge is 0.367 e. The summed E-state index contributed by atoms with van der Waals surface area (Å²) in [5.74, 6) is -0.503. The van der Waals surface area contributed by atoms with E-state index in [9.17, 15) is 19.7 Å². The Balaban J connectivity index is 1.59. The van der Waals surface area contributed by atoms with Gasteiger partial charge in [-0.1, -0.05) is 30.7 Å². The van der Waals surface area contributed by atoms with Crippen molar-refractivity contribution in [3.8, 4) is 0 Å². The summed E-state index contributed by atoms with van der Waals surface area (Å²) < 4.78 is 0. The van der Waals surface area contributed by atoms with Crippen molar-refractivity contribution in [2.24, 2.45) is 0 Å². The minimum atomic E-state index is -0.682. The highest BCUT2D eigenvalue weighted by Gasteiger charge is 2.23. The first-order valence-corrected chi connectivity index (χ1v) is 11.3. The van der Waals surface area contributed by atoms with E-state index >= 15 is 0 Å². The third kappa shape index (κ3) is 6.17. The van der Waals surface area contributed by atoms with E-state index in [4.69, 9.17) is 23.8 Å². The molecule has 9 nitrogen and oxygen atoms in total. The average molecular weight is 490 g/mol. The van der Waals surface area contributed by atoms with Crippen LogP contribution >= 0.6 is 23.8 Å². The van der Waals surface area contributed by atoms with Crippen LogP contribution in [0.15, 0.2) is 42.5 Å². The molecule has 1 heterocycles. The van der Waals surface area contributed by atoms with Gasteiger partial charge in [-0.15, -0.1) is 0 Å². The summed E-state index contributed by atoms with van der Waals surface area (Å²) in [5, 5.41) is 16.9. The topological polar surface area (TPSA) is 108 Å². The van der Waals surface area contributed by atoms with Crippen LogP contribution in [0.25, 0.3) is 0 Å². The summed E-state index contributed by atoms with van der Waals surface area (Å²) in [6.07, 6.45) is 1.40. The molecule has 2 aromatic carbocycles. The van der Waals surface area contributed by atoms with Crippen LogP contribution in [0.3, 0.4) is 0 Å². The molecule has 0 saturated carbocycles. The second-order valence-corrected chi connectivity index (χ2v) is 8.28. The zero-order valence-electron chi connectivity index (χ0n) is 18.0. The molecule has 0 atom stereocenters. The van der Waals surface area contributed by atoms with E-state index < -0.39 is 10.8 Å². The van der Waals surface area contributed by atoms with Gasteiger partial charge in [0.25, 0.3) is 11.6 Å². The van der Waals surface area contributed by atoms with Crippen molar-refractivity contribution in [3.63, 3.8) is 0 Å². The number of halogens is 1. The predicted molar refractivity (Wildman–Crippen MR) is 132 cm³/mol. The van der Waals surface area contributed by atoms with Gasteiger partial charge in [0.05, 0.1) is 15.6 Å². The Hall–Kier alpha value is -3.24. The molecule has 1 aliphatic rings. The molecule has 2 aromatic rings. The summed E-state index contributed by atoms with van der Waals surface area (Å²) in [5.41, 5.74) is 1.02. The Bertz CT molecular complexity index is 1070. The van der Waals surface area contributed by atoms with Gasteiger partial charge in [0.2, 0.25) is 5.91 Å². The van der Waals surface area contributed by atoms with Gasteiger partial charge in [-0.3, -0.25) is 25.0 Å². The van der Waals surface area contributed by atoms with E-state index in [0.29, 0.717) is 43.3 Å². The number of piperazine rings is 1. The Morgan fingerprint density at radius 3 is 2.48 bits per heavy atom. The number of carbonyl (C=O) groups is 2. The highest BCUT2D eigenvalue weighted by Crippen LogP contribution is 2.30. The summed E-state index contributed by atoms with van der Waals surface area (Å²) >= 11 is 11.7. The molecular formula is C22H24ClN5O4S. The number of carbonyl (C=O) groups excluding carboxylic acids is 2. The van der Waals surface area contributed by atoms with Crippen molar-refractivity contribution in [1.29, 1.82) is 0 Å². The standard InChI is InChI=1S/C22H24ClN5O4S/c1-2-5-20(29)27-12-10-26(11-13-27)19-9-8-15(14-17(19)23)24-22(33)25-21(30)16-6-3-4-7-18(16)28(31)32/h3-4,6-9,14H,2,5,10-13H2,1H3,(H2,24,25,30,33). The minimum absolute atomic E-state index is 0.00924. The first-order chi connectivity index (χ1) is 15.8.